The summed E-state index contributed by atoms with van der Waals surface area (Å²) in [6, 6.07) is 26.2. The lowest BCUT2D eigenvalue weighted by Gasteiger charge is -2.48. The molecule has 242 valence electrons. The number of hydrogen-bond acceptors (Lipinski definition) is 2. The Bertz CT molecular complexity index is 2550. The first-order valence-electron chi connectivity index (χ1n) is 19.3. The zero-order valence-corrected chi connectivity index (χ0v) is 27.8. The average Bonchev–Trinajstić information content (AvgIpc) is 3.73. The first-order chi connectivity index (χ1) is 24.1. The minimum absolute atomic E-state index is 0.139. The Morgan fingerprint density at radius 2 is 1.02 bits per heavy atom. The van der Waals surface area contributed by atoms with Gasteiger partial charge in [0.2, 0.25) is 0 Å². The molecule has 4 heteroatoms. The van der Waals surface area contributed by atoms with E-state index >= 15 is 9.59 Å². The second-order valence-electron chi connectivity index (χ2n) is 17.7. The average molecular weight is 641 g/mol. The Morgan fingerprint density at radius 1 is 0.510 bits per heavy atom. The fourth-order valence-electron chi connectivity index (χ4n) is 14.3. The maximum Gasteiger partial charge on any atom is 0.283 e. The molecule has 2 aromatic heterocycles. The SMILES string of the molecule is O=c1c2c(-c3ccccc3)c3c(cc2n2c4cc5c(c(-c6ccccc6)c4c(=O)n12)C1CC2CC4CC5CC42C1)C1CC2CC(C1)CC3C2. The smallest absolute Gasteiger partial charge is 0.267 e. The van der Waals surface area contributed by atoms with E-state index in [0.29, 0.717) is 29.1 Å². The Balaban J connectivity index is 1.20. The summed E-state index contributed by atoms with van der Waals surface area (Å²) >= 11 is 0. The van der Waals surface area contributed by atoms with E-state index in [2.05, 4.69) is 77.3 Å². The van der Waals surface area contributed by atoms with Gasteiger partial charge in [-0.1, -0.05) is 60.7 Å². The number of nitrogens with zero attached hydrogens (tertiary/aromatic N) is 2. The molecular formula is C45H40N2O2. The van der Waals surface area contributed by atoms with Gasteiger partial charge in [-0.25, -0.2) is 4.52 Å². The fourth-order valence-corrected chi connectivity index (χ4v) is 14.3. The van der Waals surface area contributed by atoms with Crippen LogP contribution in [-0.2, 0) is 0 Å². The second-order valence-corrected chi connectivity index (χ2v) is 17.7. The van der Waals surface area contributed by atoms with Crippen LogP contribution < -0.4 is 11.1 Å². The summed E-state index contributed by atoms with van der Waals surface area (Å²) in [5.74, 6) is 5.37. The highest BCUT2D eigenvalue weighted by Crippen LogP contribution is 2.76. The van der Waals surface area contributed by atoms with Crippen LogP contribution in [0.5, 0.6) is 0 Å². The largest absolute Gasteiger partial charge is 0.283 e. The van der Waals surface area contributed by atoms with Gasteiger partial charge in [0.15, 0.2) is 0 Å². The van der Waals surface area contributed by atoms with Crippen LogP contribution >= 0.6 is 0 Å². The molecule has 49 heavy (non-hydrogen) atoms. The van der Waals surface area contributed by atoms with Gasteiger partial charge in [-0.3, -0.25) is 9.59 Å². The number of rotatable bonds is 2. The minimum atomic E-state index is -0.141. The molecule has 7 bridgehead atoms. The predicted octanol–water partition coefficient (Wildman–Crippen LogP) is 9.62. The molecule has 8 aliphatic carbocycles. The van der Waals surface area contributed by atoms with Gasteiger partial charge in [0.25, 0.3) is 11.1 Å². The summed E-state index contributed by atoms with van der Waals surface area (Å²) < 4.78 is 3.64. The lowest BCUT2D eigenvalue weighted by atomic mass is 9.56. The zero-order chi connectivity index (χ0) is 31.9. The highest BCUT2D eigenvalue weighted by molar-refractivity contribution is 6.03. The molecule has 0 radical (unpaired) electrons. The highest BCUT2D eigenvalue weighted by atomic mass is 16.2. The molecule has 2 heterocycles. The van der Waals surface area contributed by atoms with E-state index in [9.17, 15) is 0 Å². The normalized spacial score (nSPS) is 34.4. The van der Waals surface area contributed by atoms with E-state index in [0.717, 1.165) is 67.7 Å². The lowest BCUT2D eigenvalue weighted by molar-refractivity contribution is 0.00322. The standard InChI is InChI=1S/C45H40N2O2/c48-43-41-35(19-33-27-12-23-11-24(13-27)15-28(14-23)37(33)39(41)25-7-3-1-4-8-25)46-36-20-34-29-16-31-18-32-17-30(22-45(31,32)21-29)38(34)40(26-9-5-2-6-10-26)42(36)44(49)47(43)46/h1-10,19-20,23-24,27-32H,11-18,21-22H2. The first-order valence-corrected chi connectivity index (χ1v) is 19.3. The van der Waals surface area contributed by atoms with Crippen molar-refractivity contribution < 1.29 is 0 Å². The van der Waals surface area contributed by atoms with Crippen molar-refractivity contribution in [1.82, 2.24) is 9.03 Å². The molecule has 14 rings (SSSR count). The van der Waals surface area contributed by atoms with Crippen molar-refractivity contribution in [3.05, 3.63) is 116 Å². The van der Waals surface area contributed by atoms with Gasteiger partial charge in [0.05, 0.1) is 21.8 Å². The van der Waals surface area contributed by atoms with Crippen molar-refractivity contribution in [2.75, 3.05) is 0 Å². The van der Waals surface area contributed by atoms with Crippen LogP contribution in [0, 0.1) is 29.1 Å². The van der Waals surface area contributed by atoms with Crippen molar-refractivity contribution in [3.8, 4) is 22.3 Å². The van der Waals surface area contributed by atoms with Crippen LogP contribution in [0.25, 0.3) is 44.1 Å². The topological polar surface area (TPSA) is 43.0 Å². The monoisotopic (exact) mass is 640 g/mol. The lowest BCUT2D eigenvalue weighted by Crippen LogP contribution is -2.41. The van der Waals surface area contributed by atoms with Crippen LogP contribution in [0.4, 0.5) is 0 Å². The van der Waals surface area contributed by atoms with Crippen molar-refractivity contribution in [3.63, 3.8) is 0 Å². The van der Waals surface area contributed by atoms with Gasteiger partial charge in [0.1, 0.15) is 0 Å². The Labute approximate surface area is 285 Å². The molecule has 0 N–H and O–H groups in total. The van der Waals surface area contributed by atoms with E-state index in [1.807, 2.05) is 0 Å². The van der Waals surface area contributed by atoms with Crippen molar-refractivity contribution in [2.24, 2.45) is 29.1 Å². The van der Waals surface area contributed by atoms with Crippen LogP contribution in [0.2, 0.25) is 0 Å². The maximum atomic E-state index is 15.1. The fraction of sp³-hybridized carbons (Fsp3) is 0.422. The third-order valence-electron chi connectivity index (χ3n) is 15.8. The third-order valence-corrected chi connectivity index (χ3v) is 15.8. The Kier molecular flexibility index (Phi) is 4.76. The molecule has 1 spiro atoms. The van der Waals surface area contributed by atoms with Crippen molar-refractivity contribution in [2.45, 2.75) is 87.9 Å². The van der Waals surface area contributed by atoms with Gasteiger partial charge in [-0.15, -0.1) is 0 Å². The minimum Gasteiger partial charge on any atom is -0.267 e. The number of benzene rings is 4. The molecule has 5 fully saturated rings. The number of hydrogen-bond donors (Lipinski definition) is 0. The first kappa shape index (κ1) is 26.7. The van der Waals surface area contributed by atoms with Gasteiger partial charge in [-0.05, 0) is 162 Å². The molecule has 4 nitrogen and oxygen atoms in total. The Morgan fingerprint density at radius 3 is 1.63 bits per heavy atom. The third kappa shape index (κ3) is 3.08. The zero-order valence-electron chi connectivity index (χ0n) is 27.8. The van der Waals surface area contributed by atoms with E-state index in [-0.39, 0.29) is 11.1 Å². The molecular weight excluding hydrogens is 601 g/mol. The van der Waals surface area contributed by atoms with Gasteiger partial charge < -0.3 is 0 Å². The molecule has 6 aromatic rings. The summed E-state index contributed by atoms with van der Waals surface area (Å²) in [5, 5.41) is 1.51. The van der Waals surface area contributed by atoms with Gasteiger partial charge >= 0.3 is 0 Å². The molecule has 7 unspecified atom stereocenters. The van der Waals surface area contributed by atoms with E-state index in [1.54, 1.807) is 4.52 Å². The second kappa shape index (κ2) is 8.75. The molecule has 0 amide bonds. The molecule has 5 saturated carbocycles. The van der Waals surface area contributed by atoms with Crippen LogP contribution in [0.15, 0.2) is 82.4 Å². The van der Waals surface area contributed by atoms with Gasteiger partial charge in [-0.2, -0.15) is 4.52 Å². The van der Waals surface area contributed by atoms with Crippen molar-refractivity contribution in [1.29, 1.82) is 0 Å². The van der Waals surface area contributed by atoms with E-state index in [4.69, 9.17) is 0 Å². The van der Waals surface area contributed by atoms with Crippen molar-refractivity contribution >= 4 is 21.8 Å². The van der Waals surface area contributed by atoms with E-state index in [1.165, 1.54) is 86.5 Å². The molecule has 0 saturated heterocycles. The van der Waals surface area contributed by atoms with Crippen LogP contribution in [-0.4, -0.2) is 9.03 Å². The molecule has 7 atom stereocenters. The summed E-state index contributed by atoms with van der Waals surface area (Å²) in [6.07, 6.45) is 12.9. The summed E-state index contributed by atoms with van der Waals surface area (Å²) in [4.78, 5) is 30.2. The Hall–Kier alpha value is -4.18. The maximum absolute atomic E-state index is 15.1. The molecule has 8 aliphatic rings. The summed E-state index contributed by atoms with van der Waals surface area (Å²) in [5.41, 5.74) is 12.5. The summed E-state index contributed by atoms with van der Waals surface area (Å²) in [6.45, 7) is 0. The molecule has 4 aromatic carbocycles. The quantitative estimate of drug-likeness (QED) is 0.189. The van der Waals surface area contributed by atoms with Gasteiger partial charge in [0, 0.05) is 11.1 Å². The molecule has 0 aliphatic heterocycles. The highest BCUT2D eigenvalue weighted by Gasteiger charge is 2.66. The summed E-state index contributed by atoms with van der Waals surface area (Å²) in [7, 11) is 0. The van der Waals surface area contributed by atoms with Crippen LogP contribution in [0.1, 0.15) is 110 Å². The van der Waals surface area contributed by atoms with Crippen LogP contribution in [0.3, 0.4) is 0 Å². The predicted molar refractivity (Wildman–Crippen MR) is 194 cm³/mol. The number of aromatic nitrogens is 2. The number of fused-ring (bicyclic) bond motifs is 10. The van der Waals surface area contributed by atoms with E-state index < -0.39 is 0 Å².